The highest BCUT2D eigenvalue weighted by atomic mass is 19.1. The molecule has 0 radical (unpaired) electrons. The molecule has 0 spiro atoms. The van der Waals surface area contributed by atoms with Crippen molar-refractivity contribution in [3.63, 3.8) is 0 Å². The lowest BCUT2D eigenvalue weighted by Gasteiger charge is -2.23. The second-order valence-electron chi connectivity index (χ2n) is 11.5. The Balaban J connectivity index is 1.35. The molecule has 6 aromatic carbocycles. The van der Waals surface area contributed by atoms with Gasteiger partial charge in [-0.15, -0.1) is 0 Å². The second kappa shape index (κ2) is 14.5. The van der Waals surface area contributed by atoms with Gasteiger partial charge in [0, 0.05) is 23.1 Å². The van der Waals surface area contributed by atoms with E-state index in [1.54, 1.807) is 24.3 Å². The molecule has 0 heterocycles. The van der Waals surface area contributed by atoms with E-state index >= 15 is 0 Å². The SMILES string of the molecule is Cc1ccc(C(=CC=Cc2ccc(N(C=C(c3ccc(F)cc3)c3ccc(F)cc3)c3ccccc3)cc2)c2ccc(C)cc2)cc1. The predicted molar refractivity (Wildman–Crippen MR) is 193 cm³/mol. The van der Waals surface area contributed by atoms with Crippen molar-refractivity contribution in [1.29, 1.82) is 0 Å². The minimum Gasteiger partial charge on any atom is -0.317 e. The molecule has 0 atom stereocenters. The van der Waals surface area contributed by atoms with Crippen molar-refractivity contribution in [2.75, 3.05) is 4.90 Å². The van der Waals surface area contributed by atoms with Gasteiger partial charge in [-0.3, -0.25) is 0 Å². The summed E-state index contributed by atoms with van der Waals surface area (Å²) in [5, 5.41) is 0. The topological polar surface area (TPSA) is 3.24 Å². The fourth-order valence-corrected chi connectivity index (χ4v) is 5.42. The average Bonchev–Trinajstić information content (AvgIpc) is 3.10. The number of aryl methyl sites for hydroxylation is 2. The molecule has 6 aromatic rings. The average molecular weight is 616 g/mol. The van der Waals surface area contributed by atoms with Gasteiger partial charge in [-0.05, 0) is 95.8 Å². The van der Waals surface area contributed by atoms with Crippen molar-refractivity contribution in [1.82, 2.24) is 0 Å². The molecule has 0 fully saturated rings. The Kier molecular flexibility index (Phi) is 9.64. The van der Waals surface area contributed by atoms with E-state index in [9.17, 15) is 8.78 Å². The van der Waals surface area contributed by atoms with Crippen LogP contribution in [-0.4, -0.2) is 0 Å². The highest BCUT2D eigenvalue weighted by molar-refractivity contribution is 5.84. The van der Waals surface area contributed by atoms with Gasteiger partial charge in [0.2, 0.25) is 0 Å². The molecule has 0 bridgehead atoms. The van der Waals surface area contributed by atoms with Crippen molar-refractivity contribution in [3.8, 4) is 0 Å². The Hall–Kier alpha value is -5.80. The fraction of sp³-hybridized carbons (Fsp3) is 0.0455. The Morgan fingerprint density at radius 3 is 1.38 bits per heavy atom. The van der Waals surface area contributed by atoms with Crippen LogP contribution in [0.3, 0.4) is 0 Å². The maximum atomic E-state index is 13.9. The van der Waals surface area contributed by atoms with Crippen LogP contribution in [-0.2, 0) is 0 Å². The Morgan fingerprint density at radius 2 is 0.894 bits per heavy atom. The van der Waals surface area contributed by atoms with Crippen molar-refractivity contribution < 1.29 is 8.78 Å². The van der Waals surface area contributed by atoms with Crippen LogP contribution in [0.1, 0.15) is 38.9 Å². The predicted octanol–water partition coefficient (Wildman–Crippen LogP) is 12.0. The van der Waals surface area contributed by atoms with Gasteiger partial charge in [0.05, 0.1) is 0 Å². The molecular formula is C44H35F2N. The number of rotatable bonds is 9. The first-order valence-electron chi connectivity index (χ1n) is 15.6. The van der Waals surface area contributed by atoms with Crippen LogP contribution < -0.4 is 4.90 Å². The maximum absolute atomic E-state index is 13.9. The zero-order valence-electron chi connectivity index (χ0n) is 26.4. The number of hydrogen-bond donors (Lipinski definition) is 0. The number of para-hydroxylation sites is 1. The van der Waals surface area contributed by atoms with E-state index in [2.05, 4.69) is 110 Å². The van der Waals surface area contributed by atoms with E-state index in [1.165, 1.54) is 46.5 Å². The summed E-state index contributed by atoms with van der Waals surface area (Å²) in [6.45, 7) is 4.20. The number of halogens is 2. The van der Waals surface area contributed by atoms with Crippen molar-refractivity contribution in [2.24, 2.45) is 0 Å². The number of nitrogens with zero attached hydrogens (tertiary/aromatic N) is 1. The summed E-state index contributed by atoms with van der Waals surface area (Å²) in [6.07, 6.45) is 8.40. The number of allylic oxidation sites excluding steroid dienone is 2. The van der Waals surface area contributed by atoms with Gasteiger partial charge in [0.25, 0.3) is 0 Å². The quantitative estimate of drug-likeness (QED) is 0.146. The van der Waals surface area contributed by atoms with Crippen molar-refractivity contribution in [3.05, 3.63) is 221 Å². The van der Waals surface area contributed by atoms with Crippen molar-refractivity contribution in [2.45, 2.75) is 13.8 Å². The monoisotopic (exact) mass is 615 g/mol. The number of hydrogen-bond acceptors (Lipinski definition) is 1. The lowest BCUT2D eigenvalue weighted by atomic mass is 9.96. The number of anilines is 2. The molecule has 6 rings (SSSR count). The van der Waals surface area contributed by atoms with Crippen LogP contribution in [0.25, 0.3) is 17.2 Å². The highest BCUT2D eigenvalue weighted by Gasteiger charge is 2.13. The maximum Gasteiger partial charge on any atom is 0.123 e. The first kappa shape index (κ1) is 31.2. The molecule has 0 aliphatic rings. The number of benzene rings is 6. The van der Waals surface area contributed by atoms with Gasteiger partial charge < -0.3 is 4.90 Å². The summed E-state index contributed by atoms with van der Waals surface area (Å²) in [5.74, 6) is -0.620. The van der Waals surface area contributed by atoms with E-state index in [0.29, 0.717) is 0 Å². The fourth-order valence-electron chi connectivity index (χ4n) is 5.42. The molecule has 0 aliphatic heterocycles. The molecule has 1 nitrogen and oxygen atoms in total. The third-order valence-electron chi connectivity index (χ3n) is 8.05. The van der Waals surface area contributed by atoms with Crippen LogP contribution in [0.5, 0.6) is 0 Å². The Morgan fingerprint density at radius 1 is 0.468 bits per heavy atom. The molecule has 0 amide bonds. The first-order chi connectivity index (χ1) is 22.9. The highest BCUT2D eigenvalue weighted by Crippen LogP contribution is 2.32. The molecule has 0 N–H and O–H groups in total. The van der Waals surface area contributed by atoms with E-state index < -0.39 is 0 Å². The van der Waals surface area contributed by atoms with E-state index in [0.717, 1.165) is 39.2 Å². The molecule has 0 saturated heterocycles. The smallest absolute Gasteiger partial charge is 0.123 e. The molecule has 0 aromatic heterocycles. The molecule has 0 aliphatic carbocycles. The molecule has 0 saturated carbocycles. The van der Waals surface area contributed by atoms with Gasteiger partial charge in [-0.1, -0.05) is 132 Å². The van der Waals surface area contributed by atoms with Crippen LogP contribution in [0.15, 0.2) is 170 Å². The summed E-state index contributed by atoms with van der Waals surface area (Å²) < 4.78 is 27.8. The molecule has 230 valence electrons. The molecule has 0 unspecified atom stereocenters. The summed E-state index contributed by atoms with van der Waals surface area (Å²) >= 11 is 0. The molecular weight excluding hydrogens is 580 g/mol. The third-order valence-corrected chi connectivity index (χ3v) is 8.05. The Bertz CT molecular complexity index is 1910. The van der Waals surface area contributed by atoms with E-state index in [-0.39, 0.29) is 11.6 Å². The largest absolute Gasteiger partial charge is 0.317 e. The standard InChI is InChI=1S/C44H35F2N/c1-32-11-17-35(18-12-32)43(36-19-13-33(2)14-20-36)10-6-7-34-15-29-42(30-16-34)47(41-8-4-3-5-9-41)31-44(37-21-25-39(45)26-22-37)38-23-27-40(46)28-24-38/h3-31H,1-2H3. The summed E-state index contributed by atoms with van der Waals surface area (Å²) in [5.41, 5.74) is 11.4. The lowest BCUT2D eigenvalue weighted by molar-refractivity contribution is 0.627. The third kappa shape index (κ3) is 7.89. The Labute approximate surface area is 276 Å². The second-order valence-corrected chi connectivity index (χ2v) is 11.5. The molecule has 47 heavy (non-hydrogen) atoms. The lowest BCUT2D eigenvalue weighted by Crippen LogP contribution is -2.10. The summed E-state index contributed by atoms with van der Waals surface area (Å²) in [6, 6.07) is 48.4. The van der Waals surface area contributed by atoms with Gasteiger partial charge in [0.1, 0.15) is 11.6 Å². The first-order valence-corrected chi connectivity index (χ1v) is 15.6. The zero-order chi connectivity index (χ0) is 32.6. The van der Waals surface area contributed by atoms with Crippen LogP contribution in [0, 0.1) is 25.5 Å². The summed E-state index contributed by atoms with van der Waals surface area (Å²) in [7, 11) is 0. The van der Waals surface area contributed by atoms with E-state index in [1.807, 2.05) is 36.5 Å². The van der Waals surface area contributed by atoms with Gasteiger partial charge in [0.15, 0.2) is 0 Å². The summed E-state index contributed by atoms with van der Waals surface area (Å²) in [4.78, 5) is 2.10. The van der Waals surface area contributed by atoms with Crippen LogP contribution in [0.4, 0.5) is 20.2 Å². The van der Waals surface area contributed by atoms with Crippen LogP contribution >= 0.6 is 0 Å². The van der Waals surface area contributed by atoms with Gasteiger partial charge >= 0.3 is 0 Å². The van der Waals surface area contributed by atoms with Crippen LogP contribution in [0.2, 0.25) is 0 Å². The minimum absolute atomic E-state index is 0.310. The van der Waals surface area contributed by atoms with Crippen molar-refractivity contribution >= 4 is 28.6 Å². The van der Waals surface area contributed by atoms with Gasteiger partial charge in [-0.25, -0.2) is 8.78 Å². The normalized spacial score (nSPS) is 10.9. The zero-order valence-corrected chi connectivity index (χ0v) is 26.4. The van der Waals surface area contributed by atoms with Gasteiger partial charge in [-0.2, -0.15) is 0 Å². The molecule has 3 heteroatoms. The van der Waals surface area contributed by atoms with E-state index in [4.69, 9.17) is 0 Å². The minimum atomic E-state index is -0.310.